The van der Waals surface area contributed by atoms with Gasteiger partial charge in [-0.05, 0) is 57.3 Å². The Morgan fingerprint density at radius 3 is 2.93 bits per heavy atom. The highest BCUT2D eigenvalue weighted by molar-refractivity contribution is 5.84. The zero-order chi connectivity index (χ0) is 20.2. The van der Waals surface area contributed by atoms with Gasteiger partial charge in [0, 0.05) is 30.6 Å². The summed E-state index contributed by atoms with van der Waals surface area (Å²) >= 11 is 0. The Morgan fingerprint density at radius 2 is 2.17 bits per heavy atom. The van der Waals surface area contributed by atoms with Crippen LogP contribution >= 0.6 is 0 Å². The second-order valence-electron chi connectivity index (χ2n) is 10.1. The molecule has 4 heteroatoms. The van der Waals surface area contributed by atoms with Crippen molar-refractivity contribution in [1.82, 2.24) is 4.90 Å². The van der Waals surface area contributed by atoms with Gasteiger partial charge in [-0.3, -0.25) is 4.79 Å². The summed E-state index contributed by atoms with van der Waals surface area (Å²) in [6.45, 7) is 5.32. The molecule has 2 heterocycles. The molecule has 6 aliphatic rings. The van der Waals surface area contributed by atoms with Crippen LogP contribution in [0.4, 0.5) is 0 Å². The maximum atomic E-state index is 13.4. The summed E-state index contributed by atoms with van der Waals surface area (Å²) in [6.07, 6.45) is 9.07. The second kappa shape index (κ2) is 5.53. The van der Waals surface area contributed by atoms with Gasteiger partial charge in [-0.1, -0.05) is 31.2 Å². The average molecular weight is 394 g/mol. The van der Waals surface area contributed by atoms with Crippen LogP contribution in [0.3, 0.4) is 0 Å². The molecule has 1 aromatic carbocycles. The van der Waals surface area contributed by atoms with Crippen molar-refractivity contribution in [2.24, 2.45) is 11.3 Å². The SMILES string of the molecule is CCCC(=O)[C@H]1C[C@@]23C=C[C@@]1(OC)[C@@H]1Oc4c(C)ccc5c4[C@@]12CCN(C)[C@@H]3C5. The highest BCUT2D eigenvalue weighted by atomic mass is 16.6. The van der Waals surface area contributed by atoms with Gasteiger partial charge in [0.15, 0.2) is 0 Å². The van der Waals surface area contributed by atoms with Gasteiger partial charge in [-0.2, -0.15) is 0 Å². The van der Waals surface area contributed by atoms with E-state index in [1.54, 1.807) is 7.11 Å². The third-order valence-electron chi connectivity index (χ3n) is 9.18. The van der Waals surface area contributed by atoms with E-state index in [1.165, 1.54) is 16.7 Å². The Bertz CT molecular complexity index is 954. The zero-order valence-corrected chi connectivity index (χ0v) is 18.0. The highest BCUT2D eigenvalue weighted by Crippen LogP contribution is 2.74. The quantitative estimate of drug-likeness (QED) is 0.733. The van der Waals surface area contributed by atoms with E-state index < -0.39 is 5.60 Å². The fourth-order valence-electron chi connectivity index (χ4n) is 7.99. The van der Waals surface area contributed by atoms with E-state index in [9.17, 15) is 4.79 Å². The first-order chi connectivity index (χ1) is 13.9. The summed E-state index contributed by atoms with van der Waals surface area (Å²) in [7, 11) is 4.04. The van der Waals surface area contributed by atoms with E-state index in [-0.39, 0.29) is 22.9 Å². The molecular weight excluding hydrogens is 362 g/mol. The second-order valence-corrected chi connectivity index (χ2v) is 10.1. The molecule has 4 aliphatic carbocycles. The van der Waals surface area contributed by atoms with E-state index in [2.05, 4.69) is 50.1 Å². The summed E-state index contributed by atoms with van der Waals surface area (Å²) in [5.41, 5.74) is 3.31. The number of nitrogens with zero attached hydrogens (tertiary/aromatic N) is 1. The number of hydrogen-bond donors (Lipinski definition) is 0. The molecular formula is C25H31NO3. The van der Waals surface area contributed by atoms with Crippen LogP contribution in [0.15, 0.2) is 24.3 Å². The standard InChI is InChI=1S/C25H31NO3/c1-5-6-18(27)17-14-23-9-10-25(17,28-4)22-24(23)11-12-26(3)19(23)13-16-8-7-15(2)21(29-22)20(16)24/h7-10,17,19,22H,5-6,11-14H2,1-4H3/t17-,19-,22-,23-,24+,25+/m1/s1. The number of likely N-dealkylation sites (tertiary alicyclic amines) is 1. The number of aryl methyl sites for hydroxylation is 1. The molecule has 154 valence electrons. The van der Waals surface area contributed by atoms with Crippen LogP contribution in [-0.2, 0) is 21.4 Å². The van der Waals surface area contributed by atoms with Crippen molar-refractivity contribution in [3.63, 3.8) is 0 Å². The Kier molecular flexibility index (Phi) is 3.46. The number of piperidine rings is 1. The van der Waals surface area contributed by atoms with E-state index in [4.69, 9.17) is 9.47 Å². The summed E-state index contributed by atoms with van der Waals surface area (Å²) in [5.74, 6) is 1.30. The van der Waals surface area contributed by atoms with Gasteiger partial charge in [0.25, 0.3) is 0 Å². The van der Waals surface area contributed by atoms with Crippen molar-refractivity contribution >= 4 is 5.78 Å². The molecule has 0 radical (unpaired) electrons. The minimum atomic E-state index is -0.658. The van der Waals surface area contributed by atoms with Crippen LogP contribution in [-0.4, -0.2) is 49.1 Å². The van der Waals surface area contributed by atoms with Crippen LogP contribution in [0, 0.1) is 18.3 Å². The maximum Gasteiger partial charge on any atom is 0.143 e. The third kappa shape index (κ3) is 1.76. The largest absolute Gasteiger partial charge is 0.485 e. The number of hydrogen-bond acceptors (Lipinski definition) is 4. The average Bonchev–Trinajstić information content (AvgIpc) is 3.09. The molecule has 4 nitrogen and oxygen atoms in total. The third-order valence-corrected chi connectivity index (χ3v) is 9.18. The summed E-state index contributed by atoms with van der Waals surface area (Å²) < 4.78 is 13.2. The predicted octanol–water partition coefficient (Wildman–Crippen LogP) is 3.58. The van der Waals surface area contributed by atoms with Crippen molar-refractivity contribution in [2.75, 3.05) is 20.7 Å². The summed E-state index contributed by atoms with van der Waals surface area (Å²) in [6, 6.07) is 4.95. The van der Waals surface area contributed by atoms with Crippen molar-refractivity contribution < 1.29 is 14.3 Å². The van der Waals surface area contributed by atoms with Gasteiger partial charge < -0.3 is 14.4 Å². The molecule has 2 spiro atoms. The van der Waals surface area contributed by atoms with Gasteiger partial charge in [0.05, 0.1) is 11.3 Å². The highest BCUT2D eigenvalue weighted by Gasteiger charge is 2.79. The molecule has 0 aromatic heterocycles. The van der Waals surface area contributed by atoms with Crippen LogP contribution in [0.25, 0.3) is 0 Å². The Labute approximate surface area is 173 Å². The van der Waals surface area contributed by atoms with Crippen LogP contribution in [0.2, 0.25) is 0 Å². The molecule has 6 atom stereocenters. The van der Waals surface area contributed by atoms with Gasteiger partial charge in [0.1, 0.15) is 23.2 Å². The lowest BCUT2D eigenvalue weighted by Crippen LogP contribution is -2.79. The first-order valence-electron chi connectivity index (χ1n) is 11.2. The number of fused-ring (bicyclic) bond motifs is 1. The Hall–Kier alpha value is -1.65. The van der Waals surface area contributed by atoms with E-state index in [0.29, 0.717) is 18.2 Å². The van der Waals surface area contributed by atoms with Crippen LogP contribution < -0.4 is 4.74 Å². The Morgan fingerprint density at radius 1 is 1.34 bits per heavy atom. The lowest BCUT2D eigenvalue weighted by Gasteiger charge is -2.70. The normalized spacial score (nSPS) is 43.2. The van der Waals surface area contributed by atoms with Gasteiger partial charge in [0.2, 0.25) is 0 Å². The fraction of sp³-hybridized carbons (Fsp3) is 0.640. The molecule has 2 fully saturated rings. The lowest BCUT2D eigenvalue weighted by molar-refractivity contribution is -0.213. The number of ketones is 1. The van der Waals surface area contributed by atoms with E-state index >= 15 is 0 Å². The monoisotopic (exact) mass is 393 g/mol. The molecule has 7 rings (SSSR count). The summed E-state index contributed by atoms with van der Waals surface area (Å²) in [5, 5.41) is 0. The minimum absolute atomic E-state index is 0.0505. The molecule has 0 N–H and O–H groups in total. The molecule has 0 amide bonds. The maximum absolute atomic E-state index is 13.4. The molecule has 1 saturated heterocycles. The Balaban J connectivity index is 1.66. The van der Waals surface area contributed by atoms with Crippen molar-refractivity contribution in [1.29, 1.82) is 0 Å². The van der Waals surface area contributed by atoms with Crippen LogP contribution in [0.5, 0.6) is 5.75 Å². The molecule has 4 bridgehead atoms. The number of methoxy groups -OCH3 is 1. The fourth-order valence-corrected chi connectivity index (χ4v) is 7.99. The first kappa shape index (κ1) is 18.1. The smallest absolute Gasteiger partial charge is 0.143 e. The zero-order valence-electron chi connectivity index (χ0n) is 18.0. The van der Waals surface area contributed by atoms with Crippen molar-refractivity contribution in [3.8, 4) is 5.75 Å². The van der Waals surface area contributed by atoms with E-state index in [0.717, 1.165) is 38.0 Å². The number of Topliss-reactive ketones (excluding diaryl/α,β-unsaturated/α-hetero) is 1. The topological polar surface area (TPSA) is 38.8 Å². The minimum Gasteiger partial charge on any atom is -0.485 e. The molecule has 29 heavy (non-hydrogen) atoms. The number of benzene rings is 1. The molecule has 1 aromatic rings. The predicted molar refractivity (Wildman–Crippen MR) is 111 cm³/mol. The van der Waals surface area contributed by atoms with Crippen molar-refractivity contribution in [2.45, 2.75) is 69.1 Å². The first-order valence-corrected chi connectivity index (χ1v) is 11.2. The number of rotatable bonds is 4. The summed E-state index contributed by atoms with van der Waals surface area (Å²) in [4.78, 5) is 15.9. The van der Waals surface area contributed by atoms with Crippen LogP contribution in [0.1, 0.15) is 49.3 Å². The van der Waals surface area contributed by atoms with Gasteiger partial charge in [-0.15, -0.1) is 0 Å². The van der Waals surface area contributed by atoms with E-state index in [1.807, 2.05) is 0 Å². The number of ether oxygens (including phenoxy) is 2. The van der Waals surface area contributed by atoms with Gasteiger partial charge >= 0.3 is 0 Å². The van der Waals surface area contributed by atoms with Crippen molar-refractivity contribution in [3.05, 3.63) is 41.0 Å². The molecule has 2 aliphatic heterocycles. The van der Waals surface area contributed by atoms with Gasteiger partial charge in [-0.25, -0.2) is 0 Å². The molecule has 1 saturated carbocycles. The number of carbonyl (C=O) groups is 1. The molecule has 0 unspecified atom stereocenters. The number of likely N-dealkylation sites (N-methyl/N-ethyl adjacent to an activating group) is 1. The lowest BCUT2D eigenvalue weighted by atomic mass is 9.37. The number of carbonyl (C=O) groups excluding carboxylic acids is 1.